The number of β-amino-alcohol motifs (C(OH)–C–C–N with tert-alkyl or cyclic N) is 1. The van der Waals surface area contributed by atoms with Crippen molar-refractivity contribution < 1.29 is 17.9 Å². The van der Waals surface area contributed by atoms with E-state index in [1.807, 2.05) is 0 Å². The average molecular weight is 343 g/mol. The second kappa shape index (κ2) is 5.75. The van der Waals surface area contributed by atoms with Gasteiger partial charge in [0.15, 0.2) is 5.82 Å². The Morgan fingerprint density at radius 2 is 2.05 bits per heavy atom. The molecule has 5 nitrogen and oxygen atoms in total. The minimum absolute atomic E-state index is 0.251. The Kier molecular flexibility index (Phi) is 4.58. The summed E-state index contributed by atoms with van der Waals surface area (Å²) in [7, 11) is -2.70. The highest BCUT2D eigenvalue weighted by Gasteiger charge is 2.37. The Labute approximate surface area is 126 Å². The van der Waals surface area contributed by atoms with E-state index < -0.39 is 33.0 Å². The number of hydrogen-bond acceptors (Lipinski definition) is 4. The third-order valence-corrected chi connectivity index (χ3v) is 5.97. The van der Waals surface area contributed by atoms with Crippen LogP contribution in [0.5, 0.6) is 0 Å². The van der Waals surface area contributed by atoms with Crippen LogP contribution in [0.15, 0.2) is 17.0 Å². The lowest BCUT2D eigenvalue weighted by Gasteiger charge is -2.26. The maximum absolute atomic E-state index is 13.6. The molecule has 112 valence electrons. The summed E-state index contributed by atoms with van der Waals surface area (Å²) in [6.07, 6.45) is -0.828. The zero-order valence-electron chi connectivity index (χ0n) is 10.5. The second-order valence-electron chi connectivity index (χ2n) is 4.49. The third-order valence-electron chi connectivity index (χ3n) is 3.27. The highest BCUT2D eigenvalue weighted by molar-refractivity contribution is 7.89. The lowest BCUT2D eigenvalue weighted by Crippen LogP contribution is -2.44. The molecule has 1 aromatic carbocycles. The number of nitrogens with one attached hydrogen (secondary N) is 1. The van der Waals surface area contributed by atoms with Gasteiger partial charge in [0, 0.05) is 20.1 Å². The fraction of sp³-hybridized carbons (Fsp3) is 0.455. The van der Waals surface area contributed by atoms with Gasteiger partial charge in [-0.15, -0.1) is 0 Å². The zero-order chi connectivity index (χ0) is 15.1. The van der Waals surface area contributed by atoms with Gasteiger partial charge in [-0.3, -0.25) is 0 Å². The van der Waals surface area contributed by atoms with Crippen molar-refractivity contribution in [3.63, 3.8) is 0 Å². The first-order chi connectivity index (χ1) is 9.26. The van der Waals surface area contributed by atoms with Crippen LogP contribution in [-0.4, -0.2) is 50.1 Å². The molecule has 2 rings (SSSR count). The molecule has 0 saturated carbocycles. The van der Waals surface area contributed by atoms with Crippen LogP contribution in [0.2, 0.25) is 10.0 Å². The van der Waals surface area contributed by atoms with E-state index in [0.717, 1.165) is 16.4 Å². The molecule has 0 unspecified atom stereocenters. The van der Waals surface area contributed by atoms with Crippen LogP contribution in [0.1, 0.15) is 0 Å². The maximum atomic E-state index is 13.6. The van der Waals surface area contributed by atoms with Crippen molar-refractivity contribution in [2.75, 3.05) is 20.1 Å². The Morgan fingerprint density at radius 1 is 1.40 bits per heavy atom. The molecule has 1 saturated heterocycles. The molecule has 1 fully saturated rings. The monoisotopic (exact) mass is 342 g/mol. The Hall–Kier alpha value is -0.440. The van der Waals surface area contributed by atoms with Crippen molar-refractivity contribution in [1.29, 1.82) is 0 Å². The van der Waals surface area contributed by atoms with E-state index in [2.05, 4.69) is 5.32 Å². The highest BCUT2D eigenvalue weighted by Crippen LogP contribution is 2.31. The molecule has 1 aliphatic rings. The molecule has 0 aromatic heterocycles. The molecule has 0 amide bonds. The number of sulfonamides is 1. The first-order valence-corrected chi connectivity index (χ1v) is 7.96. The molecule has 9 heteroatoms. The quantitative estimate of drug-likeness (QED) is 0.806. The summed E-state index contributed by atoms with van der Waals surface area (Å²) in [5.74, 6) is -0.979. The van der Waals surface area contributed by atoms with Gasteiger partial charge in [0.2, 0.25) is 10.0 Å². The number of rotatable bonds is 3. The molecular weight excluding hydrogens is 330 g/mol. The predicted octanol–water partition coefficient (Wildman–Crippen LogP) is 1.09. The summed E-state index contributed by atoms with van der Waals surface area (Å²) in [6, 6.07) is 1.65. The Morgan fingerprint density at radius 3 is 2.60 bits per heavy atom. The first kappa shape index (κ1) is 15.9. The van der Waals surface area contributed by atoms with Gasteiger partial charge < -0.3 is 10.4 Å². The molecule has 1 aliphatic heterocycles. The van der Waals surface area contributed by atoms with Crippen LogP contribution < -0.4 is 5.32 Å². The molecular formula is C11H13Cl2FN2O3S. The molecule has 20 heavy (non-hydrogen) atoms. The largest absolute Gasteiger partial charge is 0.390 e. The van der Waals surface area contributed by atoms with E-state index >= 15 is 0 Å². The summed E-state index contributed by atoms with van der Waals surface area (Å²) < 4.78 is 39.5. The van der Waals surface area contributed by atoms with Crippen LogP contribution in [0.3, 0.4) is 0 Å². The van der Waals surface area contributed by atoms with E-state index in [1.54, 1.807) is 0 Å². The standard InChI is InChI=1S/C11H13Cl2FN2O3S/c1-16(7-4-15-5-8(7)17)20(18,19)9-3-2-6(12)11(14)10(9)13/h2-3,7-8,15,17H,4-5H2,1H3/t7-,8-/m0/s1. The fourth-order valence-corrected chi connectivity index (χ4v) is 4.16. The van der Waals surface area contributed by atoms with Crippen molar-refractivity contribution in [2.24, 2.45) is 0 Å². The first-order valence-electron chi connectivity index (χ1n) is 5.77. The molecule has 2 atom stereocenters. The topological polar surface area (TPSA) is 69.6 Å². The van der Waals surface area contributed by atoms with E-state index in [-0.39, 0.29) is 9.92 Å². The van der Waals surface area contributed by atoms with Gasteiger partial charge in [-0.2, -0.15) is 4.31 Å². The maximum Gasteiger partial charge on any atom is 0.244 e. The molecule has 0 aliphatic carbocycles. The summed E-state index contributed by atoms with van der Waals surface area (Å²) in [4.78, 5) is -0.373. The van der Waals surface area contributed by atoms with Gasteiger partial charge in [-0.1, -0.05) is 23.2 Å². The Balaban J connectivity index is 2.43. The fourth-order valence-electron chi connectivity index (χ4n) is 2.06. The number of halogens is 3. The molecule has 1 heterocycles. The van der Waals surface area contributed by atoms with Crippen LogP contribution in [0.25, 0.3) is 0 Å². The van der Waals surface area contributed by atoms with Crippen LogP contribution >= 0.6 is 23.2 Å². The van der Waals surface area contributed by atoms with Crippen LogP contribution in [0, 0.1) is 5.82 Å². The number of hydrogen-bond donors (Lipinski definition) is 2. The van der Waals surface area contributed by atoms with Gasteiger partial charge in [0.05, 0.1) is 22.2 Å². The molecule has 0 bridgehead atoms. The van der Waals surface area contributed by atoms with Crippen molar-refractivity contribution in [2.45, 2.75) is 17.0 Å². The van der Waals surface area contributed by atoms with Crippen molar-refractivity contribution in [1.82, 2.24) is 9.62 Å². The average Bonchev–Trinajstić information content (AvgIpc) is 2.81. The number of aliphatic hydroxyl groups is 1. The molecule has 0 radical (unpaired) electrons. The molecule has 0 spiro atoms. The smallest absolute Gasteiger partial charge is 0.244 e. The lowest BCUT2D eigenvalue weighted by atomic mass is 10.2. The van der Waals surface area contributed by atoms with E-state index in [1.165, 1.54) is 7.05 Å². The van der Waals surface area contributed by atoms with Crippen molar-refractivity contribution >= 4 is 33.2 Å². The predicted molar refractivity (Wildman–Crippen MR) is 74.0 cm³/mol. The minimum Gasteiger partial charge on any atom is -0.390 e. The third kappa shape index (κ3) is 2.66. The zero-order valence-corrected chi connectivity index (χ0v) is 12.8. The van der Waals surface area contributed by atoms with Gasteiger partial charge in [0.1, 0.15) is 4.90 Å². The van der Waals surface area contributed by atoms with Crippen molar-refractivity contribution in [3.8, 4) is 0 Å². The van der Waals surface area contributed by atoms with E-state index in [9.17, 15) is 17.9 Å². The molecule has 1 aromatic rings. The van der Waals surface area contributed by atoms with E-state index in [4.69, 9.17) is 23.2 Å². The number of benzene rings is 1. The minimum atomic E-state index is -4.02. The SMILES string of the molecule is CN([C@H]1CNC[C@@H]1O)S(=O)(=O)c1ccc(Cl)c(F)c1Cl. The number of nitrogens with zero attached hydrogens (tertiary/aromatic N) is 1. The highest BCUT2D eigenvalue weighted by atomic mass is 35.5. The Bertz CT molecular complexity index is 626. The van der Waals surface area contributed by atoms with Gasteiger partial charge in [-0.05, 0) is 12.1 Å². The number of likely N-dealkylation sites (N-methyl/N-ethyl adjacent to an activating group) is 1. The van der Waals surface area contributed by atoms with Crippen LogP contribution in [0.4, 0.5) is 4.39 Å². The van der Waals surface area contributed by atoms with Crippen molar-refractivity contribution in [3.05, 3.63) is 28.0 Å². The van der Waals surface area contributed by atoms with Crippen LogP contribution in [-0.2, 0) is 10.0 Å². The van der Waals surface area contributed by atoms with E-state index in [0.29, 0.717) is 13.1 Å². The van der Waals surface area contributed by atoms with Gasteiger partial charge in [-0.25, -0.2) is 12.8 Å². The summed E-state index contributed by atoms with van der Waals surface area (Å²) >= 11 is 11.3. The molecule has 2 N–H and O–H groups in total. The number of aliphatic hydroxyl groups excluding tert-OH is 1. The normalized spacial score (nSPS) is 23.5. The summed E-state index contributed by atoms with van der Waals surface area (Å²) in [5, 5.41) is 11.8. The van der Waals surface area contributed by atoms with Gasteiger partial charge >= 0.3 is 0 Å². The van der Waals surface area contributed by atoms with Gasteiger partial charge in [0.25, 0.3) is 0 Å². The second-order valence-corrected chi connectivity index (χ2v) is 7.24. The lowest BCUT2D eigenvalue weighted by molar-refractivity contribution is 0.136. The summed E-state index contributed by atoms with van der Waals surface area (Å²) in [6.45, 7) is 0.609. The summed E-state index contributed by atoms with van der Waals surface area (Å²) in [5.41, 5.74) is 0.